The average Bonchev–Trinajstić information content (AvgIpc) is 2.50. The van der Waals surface area contributed by atoms with Crippen LogP contribution in [-0.4, -0.2) is 23.1 Å². The van der Waals surface area contributed by atoms with Crippen LogP contribution in [0.15, 0.2) is 30.3 Å². The highest BCUT2D eigenvalue weighted by molar-refractivity contribution is 5.61. The topological polar surface area (TPSA) is 67.1 Å². The Kier molecular flexibility index (Phi) is 3.90. The lowest BCUT2D eigenvalue weighted by Crippen LogP contribution is -2.30. The normalized spacial score (nSPS) is 15.0. The van der Waals surface area contributed by atoms with E-state index < -0.39 is 0 Å². The molecule has 2 aromatic rings. The maximum Gasteiger partial charge on any atom is 0.223 e. The van der Waals surface area contributed by atoms with Gasteiger partial charge in [-0.15, -0.1) is 0 Å². The van der Waals surface area contributed by atoms with Crippen molar-refractivity contribution in [2.24, 2.45) is 0 Å². The SMILES string of the molecule is Cc1ccc(Nc2cc(N3CCCCC3)nc(N)n2)cc1. The first-order valence-electron chi connectivity index (χ1n) is 7.44. The van der Waals surface area contributed by atoms with Crippen LogP contribution >= 0.6 is 0 Å². The maximum absolute atomic E-state index is 5.85. The summed E-state index contributed by atoms with van der Waals surface area (Å²) in [6, 6.07) is 10.2. The third kappa shape index (κ3) is 3.42. The Morgan fingerprint density at radius 3 is 2.48 bits per heavy atom. The molecule has 3 N–H and O–H groups in total. The summed E-state index contributed by atoms with van der Waals surface area (Å²) in [4.78, 5) is 10.9. The number of aryl methyl sites for hydroxylation is 1. The summed E-state index contributed by atoms with van der Waals surface area (Å²) in [6.45, 7) is 4.15. The molecule has 1 fully saturated rings. The number of nitrogens with zero attached hydrogens (tertiary/aromatic N) is 3. The lowest BCUT2D eigenvalue weighted by atomic mass is 10.1. The summed E-state index contributed by atoms with van der Waals surface area (Å²) >= 11 is 0. The molecular formula is C16H21N5. The molecule has 0 atom stereocenters. The van der Waals surface area contributed by atoms with Gasteiger partial charge in [-0.25, -0.2) is 0 Å². The smallest absolute Gasteiger partial charge is 0.223 e. The molecule has 0 radical (unpaired) electrons. The van der Waals surface area contributed by atoms with Crippen molar-refractivity contribution in [2.75, 3.05) is 29.0 Å². The molecule has 0 aliphatic carbocycles. The second kappa shape index (κ2) is 5.99. The minimum atomic E-state index is 0.313. The van der Waals surface area contributed by atoms with Gasteiger partial charge in [0.1, 0.15) is 11.6 Å². The summed E-state index contributed by atoms with van der Waals surface area (Å²) < 4.78 is 0. The number of benzene rings is 1. The molecular weight excluding hydrogens is 262 g/mol. The van der Waals surface area contributed by atoms with Crippen LogP contribution in [0, 0.1) is 6.92 Å². The summed E-state index contributed by atoms with van der Waals surface area (Å²) in [5.74, 6) is 1.97. The van der Waals surface area contributed by atoms with Gasteiger partial charge in [-0.1, -0.05) is 17.7 Å². The first-order valence-corrected chi connectivity index (χ1v) is 7.44. The van der Waals surface area contributed by atoms with E-state index in [0.717, 1.165) is 30.4 Å². The number of anilines is 4. The summed E-state index contributed by atoms with van der Waals surface area (Å²) in [7, 11) is 0. The van der Waals surface area contributed by atoms with Crippen molar-refractivity contribution in [1.82, 2.24) is 9.97 Å². The predicted molar refractivity (Wildman–Crippen MR) is 87.0 cm³/mol. The van der Waals surface area contributed by atoms with Crippen molar-refractivity contribution in [2.45, 2.75) is 26.2 Å². The first kappa shape index (κ1) is 13.7. The van der Waals surface area contributed by atoms with Gasteiger partial charge < -0.3 is 16.0 Å². The van der Waals surface area contributed by atoms with Crippen molar-refractivity contribution >= 4 is 23.3 Å². The molecule has 0 saturated carbocycles. The standard InChI is InChI=1S/C16H21N5/c1-12-5-7-13(8-6-12)18-14-11-15(20-16(17)19-14)21-9-3-2-4-10-21/h5-8,11H,2-4,9-10H2,1H3,(H3,17,18,19,20). The zero-order valence-corrected chi connectivity index (χ0v) is 12.3. The van der Waals surface area contributed by atoms with Crippen LogP contribution in [0.2, 0.25) is 0 Å². The highest BCUT2D eigenvalue weighted by Crippen LogP contribution is 2.23. The van der Waals surface area contributed by atoms with E-state index in [4.69, 9.17) is 5.73 Å². The lowest BCUT2D eigenvalue weighted by Gasteiger charge is -2.28. The van der Waals surface area contributed by atoms with Gasteiger partial charge in [0.15, 0.2) is 0 Å². The second-order valence-electron chi connectivity index (χ2n) is 5.51. The monoisotopic (exact) mass is 283 g/mol. The molecule has 1 saturated heterocycles. The Hall–Kier alpha value is -2.30. The molecule has 1 aliphatic rings. The number of aromatic nitrogens is 2. The van der Waals surface area contributed by atoms with Crippen LogP contribution in [-0.2, 0) is 0 Å². The van der Waals surface area contributed by atoms with Crippen molar-refractivity contribution in [3.05, 3.63) is 35.9 Å². The lowest BCUT2D eigenvalue weighted by molar-refractivity contribution is 0.573. The number of piperidine rings is 1. The number of hydrogen-bond acceptors (Lipinski definition) is 5. The molecule has 21 heavy (non-hydrogen) atoms. The van der Waals surface area contributed by atoms with E-state index in [0.29, 0.717) is 5.95 Å². The molecule has 1 aliphatic heterocycles. The quantitative estimate of drug-likeness (QED) is 0.906. The number of hydrogen-bond donors (Lipinski definition) is 2. The van der Waals surface area contributed by atoms with E-state index in [9.17, 15) is 0 Å². The maximum atomic E-state index is 5.85. The minimum absolute atomic E-state index is 0.313. The molecule has 5 heteroatoms. The van der Waals surface area contributed by atoms with Crippen molar-refractivity contribution in [1.29, 1.82) is 0 Å². The van der Waals surface area contributed by atoms with Gasteiger partial charge in [0.2, 0.25) is 5.95 Å². The van der Waals surface area contributed by atoms with E-state index in [1.54, 1.807) is 0 Å². The molecule has 1 aromatic heterocycles. The van der Waals surface area contributed by atoms with Gasteiger partial charge in [0.25, 0.3) is 0 Å². The molecule has 1 aromatic carbocycles. The third-order valence-electron chi connectivity index (χ3n) is 3.73. The van der Waals surface area contributed by atoms with E-state index in [2.05, 4.69) is 39.2 Å². The highest BCUT2D eigenvalue weighted by Gasteiger charge is 2.14. The fourth-order valence-electron chi connectivity index (χ4n) is 2.59. The number of nitrogen functional groups attached to an aromatic ring is 1. The second-order valence-corrected chi connectivity index (χ2v) is 5.51. The molecule has 0 amide bonds. The van der Waals surface area contributed by atoms with Crippen LogP contribution in [0.4, 0.5) is 23.3 Å². The number of nitrogens with one attached hydrogen (secondary N) is 1. The average molecular weight is 283 g/mol. The molecule has 110 valence electrons. The van der Waals surface area contributed by atoms with Gasteiger partial charge >= 0.3 is 0 Å². The van der Waals surface area contributed by atoms with Gasteiger partial charge in [-0.3, -0.25) is 0 Å². The van der Waals surface area contributed by atoms with Crippen LogP contribution in [0.25, 0.3) is 0 Å². The highest BCUT2D eigenvalue weighted by atomic mass is 15.2. The van der Waals surface area contributed by atoms with E-state index >= 15 is 0 Å². The van der Waals surface area contributed by atoms with Crippen molar-refractivity contribution in [3.63, 3.8) is 0 Å². The largest absolute Gasteiger partial charge is 0.368 e. The van der Waals surface area contributed by atoms with Gasteiger partial charge in [0, 0.05) is 24.8 Å². The predicted octanol–water partition coefficient (Wildman–Crippen LogP) is 3.10. The van der Waals surface area contributed by atoms with E-state index in [1.807, 2.05) is 18.2 Å². The molecule has 2 heterocycles. The summed E-state index contributed by atoms with van der Waals surface area (Å²) in [6.07, 6.45) is 3.72. The summed E-state index contributed by atoms with van der Waals surface area (Å²) in [5, 5.41) is 3.29. The van der Waals surface area contributed by atoms with Gasteiger partial charge in [0.05, 0.1) is 0 Å². The van der Waals surface area contributed by atoms with E-state index in [-0.39, 0.29) is 0 Å². The van der Waals surface area contributed by atoms with Crippen LogP contribution in [0.1, 0.15) is 24.8 Å². The van der Waals surface area contributed by atoms with Gasteiger partial charge in [-0.2, -0.15) is 9.97 Å². The minimum Gasteiger partial charge on any atom is -0.368 e. The molecule has 0 unspecified atom stereocenters. The number of rotatable bonds is 3. The Labute approximate surface area is 125 Å². The Morgan fingerprint density at radius 2 is 1.76 bits per heavy atom. The Bertz CT molecular complexity index is 603. The van der Waals surface area contributed by atoms with E-state index in [1.165, 1.54) is 24.8 Å². The van der Waals surface area contributed by atoms with Crippen molar-refractivity contribution < 1.29 is 0 Å². The van der Waals surface area contributed by atoms with Crippen LogP contribution in [0.5, 0.6) is 0 Å². The Balaban J connectivity index is 1.81. The Morgan fingerprint density at radius 1 is 1.05 bits per heavy atom. The molecule has 0 spiro atoms. The van der Waals surface area contributed by atoms with Crippen LogP contribution in [0.3, 0.4) is 0 Å². The fraction of sp³-hybridized carbons (Fsp3) is 0.375. The third-order valence-corrected chi connectivity index (χ3v) is 3.73. The van der Waals surface area contributed by atoms with Gasteiger partial charge in [-0.05, 0) is 38.3 Å². The zero-order chi connectivity index (χ0) is 14.7. The fourth-order valence-corrected chi connectivity index (χ4v) is 2.59. The first-order chi connectivity index (χ1) is 10.2. The number of nitrogens with two attached hydrogens (primary N) is 1. The zero-order valence-electron chi connectivity index (χ0n) is 12.3. The molecule has 5 nitrogen and oxygen atoms in total. The van der Waals surface area contributed by atoms with Crippen LogP contribution < -0.4 is 16.0 Å². The molecule has 0 bridgehead atoms. The summed E-state index contributed by atoms with van der Waals surface area (Å²) in [5.41, 5.74) is 8.09. The molecule has 3 rings (SSSR count). The van der Waals surface area contributed by atoms with Crippen molar-refractivity contribution in [3.8, 4) is 0 Å².